The standard InChI is InChI=1S/C10H7Cl2N3O/c11-8-5-14-15(10(16)9(8)12)7-3-1-6(13)2-4-7/h1-5H,13H2. The topological polar surface area (TPSA) is 60.9 Å². The molecule has 16 heavy (non-hydrogen) atoms. The SMILES string of the molecule is Nc1ccc(-n2ncc(Cl)c(Cl)c2=O)cc1. The van der Waals surface area contributed by atoms with Gasteiger partial charge in [-0.05, 0) is 24.3 Å². The van der Waals surface area contributed by atoms with E-state index in [1.807, 2.05) is 0 Å². The number of halogens is 2. The molecule has 1 heterocycles. The first kappa shape index (κ1) is 11.0. The van der Waals surface area contributed by atoms with Gasteiger partial charge in [0.2, 0.25) is 0 Å². The highest BCUT2D eigenvalue weighted by atomic mass is 35.5. The fourth-order valence-corrected chi connectivity index (χ4v) is 1.47. The molecule has 0 radical (unpaired) electrons. The molecule has 4 nitrogen and oxygen atoms in total. The molecule has 0 saturated heterocycles. The van der Waals surface area contributed by atoms with E-state index in [0.29, 0.717) is 11.4 Å². The molecule has 2 N–H and O–H groups in total. The highest BCUT2D eigenvalue weighted by molar-refractivity contribution is 6.41. The zero-order valence-electron chi connectivity index (χ0n) is 8.02. The van der Waals surface area contributed by atoms with Gasteiger partial charge in [-0.1, -0.05) is 23.2 Å². The van der Waals surface area contributed by atoms with Crippen molar-refractivity contribution in [2.24, 2.45) is 0 Å². The molecule has 1 aromatic heterocycles. The van der Waals surface area contributed by atoms with Crippen LogP contribution in [0, 0.1) is 0 Å². The summed E-state index contributed by atoms with van der Waals surface area (Å²) in [4.78, 5) is 11.7. The van der Waals surface area contributed by atoms with Gasteiger partial charge in [0, 0.05) is 5.69 Å². The Kier molecular flexibility index (Phi) is 2.85. The number of anilines is 1. The number of hydrogen-bond donors (Lipinski definition) is 1. The average Bonchev–Trinajstić information content (AvgIpc) is 2.28. The lowest BCUT2D eigenvalue weighted by Crippen LogP contribution is -2.21. The van der Waals surface area contributed by atoms with E-state index in [9.17, 15) is 4.79 Å². The Labute approximate surface area is 101 Å². The van der Waals surface area contributed by atoms with Gasteiger partial charge < -0.3 is 5.73 Å². The molecule has 2 rings (SSSR count). The Bertz CT molecular complexity index is 578. The first-order chi connectivity index (χ1) is 7.59. The van der Waals surface area contributed by atoms with Crippen LogP contribution in [-0.4, -0.2) is 9.78 Å². The van der Waals surface area contributed by atoms with Crippen molar-refractivity contribution in [3.8, 4) is 5.69 Å². The van der Waals surface area contributed by atoms with Gasteiger partial charge in [0.15, 0.2) is 0 Å². The molecule has 0 aliphatic rings. The fraction of sp³-hybridized carbons (Fsp3) is 0. The summed E-state index contributed by atoms with van der Waals surface area (Å²) in [5, 5.41) is 3.98. The Morgan fingerprint density at radius 2 is 1.81 bits per heavy atom. The molecule has 82 valence electrons. The molecule has 6 heteroatoms. The normalized spacial score (nSPS) is 10.4. The van der Waals surface area contributed by atoms with Gasteiger partial charge in [-0.25, -0.2) is 0 Å². The number of rotatable bonds is 1. The third kappa shape index (κ3) is 1.89. The van der Waals surface area contributed by atoms with Gasteiger partial charge >= 0.3 is 0 Å². The van der Waals surface area contributed by atoms with Crippen molar-refractivity contribution in [2.45, 2.75) is 0 Å². The van der Waals surface area contributed by atoms with Crippen LogP contribution >= 0.6 is 23.2 Å². The number of benzene rings is 1. The minimum absolute atomic E-state index is 0.0477. The highest BCUT2D eigenvalue weighted by Crippen LogP contribution is 2.16. The fourth-order valence-electron chi connectivity index (χ4n) is 1.21. The number of nitrogen functional groups attached to an aromatic ring is 1. The number of nitrogens with two attached hydrogens (primary N) is 1. The van der Waals surface area contributed by atoms with E-state index in [1.165, 1.54) is 6.20 Å². The van der Waals surface area contributed by atoms with Gasteiger partial charge in [-0.15, -0.1) is 0 Å². The van der Waals surface area contributed by atoms with Gasteiger partial charge in [0.05, 0.1) is 16.9 Å². The summed E-state index contributed by atoms with van der Waals surface area (Å²) in [5.74, 6) is 0. The minimum Gasteiger partial charge on any atom is -0.399 e. The molecule has 0 spiro atoms. The van der Waals surface area contributed by atoms with Crippen LogP contribution in [0.1, 0.15) is 0 Å². The second-order valence-electron chi connectivity index (χ2n) is 3.11. The molecule has 0 aliphatic heterocycles. The molecule has 0 saturated carbocycles. The Morgan fingerprint density at radius 1 is 1.19 bits per heavy atom. The summed E-state index contributed by atoms with van der Waals surface area (Å²) in [6.45, 7) is 0. The monoisotopic (exact) mass is 255 g/mol. The second-order valence-corrected chi connectivity index (χ2v) is 3.90. The summed E-state index contributed by atoms with van der Waals surface area (Å²) in [6, 6.07) is 6.69. The maximum absolute atomic E-state index is 11.7. The first-order valence-electron chi connectivity index (χ1n) is 4.39. The molecule has 0 fully saturated rings. The molecule has 0 bridgehead atoms. The van der Waals surface area contributed by atoms with Crippen molar-refractivity contribution < 1.29 is 0 Å². The zero-order chi connectivity index (χ0) is 11.7. The average molecular weight is 256 g/mol. The summed E-state index contributed by atoms with van der Waals surface area (Å²) in [6.07, 6.45) is 1.32. The van der Waals surface area contributed by atoms with Crippen molar-refractivity contribution >= 4 is 28.9 Å². The maximum atomic E-state index is 11.7. The Hall–Kier alpha value is -1.52. The van der Waals surface area contributed by atoms with Crippen LogP contribution in [0.25, 0.3) is 5.69 Å². The number of hydrogen-bond acceptors (Lipinski definition) is 3. The zero-order valence-corrected chi connectivity index (χ0v) is 9.53. The van der Waals surface area contributed by atoms with Crippen LogP contribution < -0.4 is 11.3 Å². The molecule has 0 atom stereocenters. The van der Waals surface area contributed by atoms with Crippen molar-refractivity contribution in [2.75, 3.05) is 5.73 Å². The molecule has 0 unspecified atom stereocenters. The second kappa shape index (κ2) is 4.15. The molecular weight excluding hydrogens is 249 g/mol. The van der Waals surface area contributed by atoms with Crippen LogP contribution in [0.15, 0.2) is 35.3 Å². The van der Waals surface area contributed by atoms with E-state index in [-0.39, 0.29) is 10.0 Å². The quantitative estimate of drug-likeness (QED) is 0.795. The predicted molar refractivity (Wildman–Crippen MR) is 64.3 cm³/mol. The van der Waals surface area contributed by atoms with Gasteiger partial charge in [0.1, 0.15) is 5.02 Å². The van der Waals surface area contributed by atoms with E-state index in [0.717, 1.165) is 4.68 Å². The Morgan fingerprint density at radius 3 is 2.44 bits per heavy atom. The molecule has 0 amide bonds. The third-order valence-corrected chi connectivity index (χ3v) is 2.76. The molecule has 0 aliphatic carbocycles. The van der Waals surface area contributed by atoms with Crippen molar-refractivity contribution in [3.05, 3.63) is 50.9 Å². The highest BCUT2D eigenvalue weighted by Gasteiger charge is 2.08. The van der Waals surface area contributed by atoms with E-state index < -0.39 is 5.56 Å². The summed E-state index contributed by atoms with van der Waals surface area (Å²) in [5.41, 5.74) is 6.27. The van der Waals surface area contributed by atoms with Crippen LogP contribution in [0.4, 0.5) is 5.69 Å². The van der Waals surface area contributed by atoms with Gasteiger partial charge in [-0.3, -0.25) is 4.79 Å². The Balaban J connectivity index is 2.61. The van der Waals surface area contributed by atoms with Crippen molar-refractivity contribution in [1.29, 1.82) is 0 Å². The lowest BCUT2D eigenvalue weighted by atomic mass is 10.3. The van der Waals surface area contributed by atoms with Crippen LogP contribution in [-0.2, 0) is 0 Å². The maximum Gasteiger partial charge on any atom is 0.291 e. The van der Waals surface area contributed by atoms with Gasteiger partial charge in [-0.2, -0.15) is 9.78 Å². The van der Waals surface area contributed by atoms with Crippen LogP contribution in [0.5, 0.6) is 0 Å². The van der Waals surface area contributed by atoms with Crippen molar-refractivity contribution in [1.82, 2.24) is 9.78 Å². The minimum atomic E-state index is -0.459. The van der Waals surface area contributed by atoms with E-state index in [2.05, 4.69) is 5.10 Å². The van der Waals surface area contributed by atoms with E-state index in [1.54, 1.807) is 24.3 Å². The van der Waals surface area contributed by atoms with Crippen molar-refractivity contribution in [3.63, 3.8) is 0 Å². The third-order valence-electron chi connectivity index (χ3n) is 2.01. The number of aromatic nitrogens is 2. The smallest absolute Gasteiger partial charge is 0.291 e. The van der Waals surface area contributed by atoms with Gasteiger partial charge in [0.25, 0.3) is 5.56 Å². The summed E-state index contributed by atoms with van der Waals surface area (Å²) in [7, 11) is 0. The van der Waals surface area contributed by atoms with E-state index in [4.69, 9.17) is 28.9 Å². The molecule has 2 aromatic rings. The summed E-state index contributed by atoms with van der Waals surface area (Å²) >= 11 is 11.4. The first-order valence-corrected chi connectivity index (χ1v) is 5.14. The number of nitrogens with zero attached hydrogens (tertiary/aromatic N) is 2. The summed E-state index contributed by atoms with van der Waals surface area (Å²) < 4.78 is 1.16. The van der Waals surface area contributed by atoms with Crippen LogP contribution in [0.2, 0.25) is 10.0 Å². The largest absolute Gasteiger partial charge is 0.399 e. The molecular formula is C10H7Cl2N3O. The predicted octanol–water partition coefficient (Wildman–Crippen LogP) is 2.12. The van der Waals surface area contributed by atoms with E-state index >= 15 is 0 Å². The molecule has 1 aromatic carbocycles. The lowest BCUT2D eigenvalue weighted by molar-refractivity contribution is 0.807. The lowest BCUT2D eigenvalue weighted by Gasteiger charge is -2.05. The van der Waals surface area contributed by atoms with Crippen LogP contribution in [0.3, 0.4) is 0 Å².